The van der Waals surface area contributed by atoms with Crippen LogP contribution in [0.25, 0.3) is 0 Å². The van der Waals surface area contributed by atoms with Crippen molar-refractivity contribution in [2.45, 2.75) is 19.9 Å². The van der Waals surface area contributed by atoms with Crippen LogP contribution >= 0.6 is 23.2 Å². The number of rotatable bonds is 5. The van der Waals surface area contributed by atoms with E-state index in [4.69, 9.17) is 27.9 Å². The smallest absolute Gasteiger partial charge is 0.119 e. The number of hydrogen-bond donors (Lipinski definition) is 1. The van der Waals surface area contributed by atoms with Gasteiger partial charge in [0.15, 0.2) is 0 Å². The second-order valence-corrected chi connectivity index (χ2v) is 5.72. The van der Waals surface area contributed by atoms with E-state index in [0.717, 1.165) is 23.4 Å². The van der Waals surface area contributed by atoms with Crippen LogP contribution < -0.4 is 10.1 Å². The zero-order chi connectivity index (χ0) is 15.4. The summed E-state index contributed by atoms with van der Waals surface area (Å²) in [5.41, 5.74) is 3.37. The van der Waals surface area contributed by atoms with Gasteiger partial charge < -0.3 is 10.1 Å². The molecule has 2 rings (SSSR count). The maximum atomic E-state index is 6.37. The first-order valence-electron chi connectivity index (χ1n) is 6.89. The molecule has 0 spiro atoms. The van der Waals surface area contributed by atoms with E-state index in [2.05, 4.69) is 25.2 Å². The molecule has 0 saturated heterocycles. The highest BCUT2D eigenvalue weighted by atomic mass is 35.5. The lowest BCUT2D eigenvalue weighted by molar-refractivity contribution is 0.414. The predicted molar refractivity (Wildman–Crippen MR) is 89.7 cm³/mol. The number of ether oxygens (including phenoxy) is 1. The van der Waals surface area contributed by atoms with Gasteiger partial charge in [-0.2, -0.15) is 0 Å². The topological polar surface area (TPSA) is 21.3 Å². The summed E-state index contributed by atoms with van der Waals surface area (Å²) in [4.78, 5) is 0. The highest BCUT2D eigenvalue weighted by Crippen LogP contribution is 2.33. The Hall–Kier alpha value is -1.22. The number of methoxy groups -OCH3 is 1. The van der Waals surface area contributed by atoms with Crippen LogP contribution in [0.4, 0.5) is 0 Å². The van der Waals surface area contributed by atoms with Crippen LogP contribution in [-0.4, -0.2) is 13.7 Å². The molecule has 0 aliphatic rings. The Labute approximate surface area is 136 Å². The van der Waals surface area contributed by atoms with E-state index in [1.807, 2.05) is 24.3 Å². The van der Waals surface area contributed by atoms with Gasteiger partial charge in [-0.15, -0.1) is 0 Å². The van der Waals surface area contributed by atoms with Gasteiger partial charge in [0, 0.05) is 10.0 Å². The maximum absolute atomic E-state index is 6.37. The van der Waals surface area contributed by atoms with Crippen molar-refractivity contribution in [2.75, 3.05) is 13.7 Å². The van der Waals surface area contributed by atoms with E-state index in [0.29, 0.717) is 10.0 Å². The summed E-state index contributed by atoms with van der Waals surface area (Å²) in [6, 6.07) is 11.7. The zero-order valence-corrected chi connectivity index (χ0v) is 13.9. The minimum absolute atomic E-state index is 0.0330. The van der Waals surface area contributed by atoms with E-state index < -0.39 is 0 Å². The van der Waals surface area contributed by atoms with Gasteiger partial charge in [0.1, 0.15) is 5.75 Å². The largest absolute Gasteiger partial charge is 0.497 e. The van der Waals surface area contributed by atoms with Crippen LogP contribution in [0.15, 0.2) is 36.4 Å². The molecule has 0 fully saturated rings. The second kappa shape index (κ2) is 7.17. The molecule has 0 bridgehead atoms. The fraction of sp³-hybridized carbons (Fsp3) is 0.294. The fourth-order valence-electron chi connectivity index (χ4n) is 2.43. The first-order chi connectivity index (χ1) is 10.1. The van der Waals surface area contributed by atoms with Gasteiger partial charge in [-0.25, -0.2) is 0 Å². The van der Waals surface area contributed by atoms with Gasteiger partial charge in [0.25, 0.3) is 0 Å². The molecule has 0 radical (unpaired) electrons. The third-order valence-corrected chi connectivity index (χ3v) is 4.03. The van der Waals surface area contributed by atoms with Crippen LogP contribution in [0, 0.1) is 6.92 Å². The lowest BCUT2D eigenvalue weighted by Gasteiger charge is -2.22. The van der Waals surface area contributed by atoms with Gasteiger partial charge in [-0.05, 0) is 54.4 Å². The Kier molecular flexibility index (Phi) is 5.51. The average molecular weight is 324 g/mol. The minimum Gasteiger partial charge on any atom is -0.497 e. The Morgan fingerprint density at radius 3 is 2.38 bits per heavy atom. The highest BCUT2D eigenvalue weighted by molar-refractivity contribution is 6.35. The van der Waals surface area contributed by atoms with Gasteiger partial charge in [0.05, 0.1) is 13.2 Å². The van der Waals surface area contributed by atoms with E-state index in [1.165, 1.54) is 5.56 Å². The molecule has 0 amide bonds. The summed E-state index contributed by atoms with van der Waals surface area (Å²) in [7, 11) is 1.67. The van der Waals surface area contributed by atoms with Crippen molar-refractivity contribution in [1.29, 1.82) is 0 Å². The van der Waals surface area contributed by atoms with Gasteiger partial charge in [0.2, 0.25) is 0 Å². The van der Waals surface area contributed by atoms with Crippen LogP contribution in [0.5, 0.6) is 5.75 Å². The maximum Gasteiger partial charge on any atom is 0.119 e. The van der Waals surface area contributed by atoms with Crippen molar-refractivity contribution in [3.05, 3.63) is 63.1 Å². The number of benzene rings is 2. The van der Waals surface area contributed by atoms with Crippen LogP contribution in [0.2, 0.25) is 10.0 Å². The number of aryl methyl sites for hydroxylation is 1. The lowest BCUT2D eigenvalue weighted by atomic mass is 9.94. The highest BCUT2D eigenvalue weighted by Gasteiger charge is 2.18. The van der Waals surface area contributed by atoms with E-state index >= 15 is 0 Å². The van der Waals surface area contributed by atoms with E-state index in [9.17, 15) is 0 Å². The zero-order valence-electron chi connectivity index (χ0n) is 12.4. The number of nitrogens with one attached hydrogen (secondary N) is 1. The Morgan fingerprint density at radius 2 is 1.81 bits per heavy atom. The predicted octanol–water partition coefficient (Wildman–Crippen LogP) is 5.01. The SMILES string of the molecule is CCNC(c1ccc(OC)cc1C)c1ccc(Cl)cc1Cl. The first-order valence-corrected chi connectivity index (χ1v) is 7.65. The number of hydrogen-bond acceptors (Lipinski definition) is 2. The van der Waals surface area contributed by atoms with Crippen molar-refractivity contribution in [3.8, 4) is 5.75 Å². The van der Waals surface area contributed by atoms with Crippen LogP contribution in [0.3, 0.4) is 0 Å². The summed E-state index contributed by atoms with van der Waals surface area (Å²) in [6.45, 7) is 5.00. The van der Waals surface area contributed by atoms with E-state index in [-0.39, 0.29) is 6.04 Å². The van der Waals surface area contributed by atoms with Crippen molar-refractivity contribution in [1.82, 2.24) is 5.32 Å². The third-order valence-electron chi connectivity index (χ3n) is 3.47. The lowest BCUT2D eigenvalue weighted by Crippen LogP contribution is -2.23. The van der Waals surface area contributed by atoms with Crippen molar-refractivity contribution < 1.29 is 4.74 Å². The van der Waals surface area contributed by atoms with Crippen molar-refractivity contribution >= 4 is 23.2 Å². The molecule has 2 aromatic rings. The standard InChI is InChI=1S/C17H19Cl2NO/c1-4-20-17(15-7-5-12(18)10-16(15)19)14-8-6-13(21-3)9-11(14)2/h5-10,17,20H,4H2,1-3H3. The molecule has 0 saturated carbocycles. The average Bonchev–Trinajstić information content (AvgIpc) is 2.46. The molecule has 4 heteroatoms. The molecular formula is C17H19Cl2NO. The van der Waals surface area contributed by atoms with Gasteiger partial charge in [-0.3, -0.25) is 0 Å². The summed E-state index contributed by atoms with van der Waals surface area (Å²) >= 11 is 12.4. The molecule has 0 aromatic heterocycles. The molecule has 1 atom stereocenters. The molecule has 112 valence electrons. The molecule has 0 aliphatic heterocycles. The van der Waals surface area contributed by atoms with E-state index in [1.54, 1.807) is 13.2 Å². The molecule has 1 unspecified atom stereocenters. The van der Waals surface area contributed by atoms with Crippen molar-refractivity contribution in [2.24, 2.45) is 0 Å². The molecule has 2 aromatic carbocycles. The number of halogens is 2. The molecule has 2 nitrogen and oxygen atoms in total. The molecule has 0 aliphatic carbocycles. The summed E-state index contributed by atoms with van der Waals surface area (Å²) in [6.07, 6.45) is 0. The quantitative estimate of drug-likeness (QED) is 0.835. The Balaban J connectivity index is 2.48. The summed E-state index contributed by atoms with van der Waals surface area (Å²) in [5.74, 6) is 0.855. The van der Waals surface area contributed by atoms with Crippen LogP contribution in [-0.2, 0) is 0 Å². The van der Waals surface area contributed by atoms with Crippen LogP contribution in [0.1, 0.15) is 29.7 Å². The summed E-state index contributed by atoms with van der Waals surface area (Å²) < 4.78 is 5.27. The Bertz CT molecular complexity index is 628. The molecule has 0 heterocycles. The van der Waals surface area contributed by atoms with Gasteiger partial charge in [-0.1, -0.05) is 42.3 Å². The fourth-order valence-corrected chi connectivity index (χ4v) is 2.94. The minimum atomic E-state index is 0.0330. The van der Waals surface area contributed by atoms with Crippen molar-refractivity contribution in [3.63, 3.8) is 0 Å². The van der Waals surface area contributed by atoms with Gasteiger partial charge >= 0.3 is 0 Å². The normalized spacial score (nSPS) is 12.2. The molecular weight excluding hydrogens is 305 g/mol. The monoisotopic (exact) mass is 323 g/mol. The third kappa shape index (κ3) is 3.70. The Morgan fingerprint density at radius 1 is 1.10 bits per heavy atom. The molecule has 21 heavy (non-hydrogen) atoms. The first kappa shape index (κ1) is 16.2. The second-order valence-electron chi connectivity index (χ2n) is 4.88. The summed E-state index contributed by atoms with van der Waals surface area (Å²) in [5, 5.41) is 4.80. The molecule has 1 N–H and O–H groups in total.